The van der Waals surface area contributed by atoms with Crippen molar-refractivity contribution in [2.24, 2.45) is 0 Å². The zero-order valence-corrected chi connectivity index (χ0v) is 18.1. The first-order valence-corrected chi connectivity index (χ1v) is 10.5. The predicted molar refractivity (Wildman–Crippen MR) is 120 cm³/mol. The van der Waals surface area contributed by atoms with E-state index in [1.54, 1.807) is 11.3 Å². The van der Waals surface area contributed by atoms with E-state index in [2.05, 4.69) is 87.2 Å². The molecule has 2 aromatic carbocycles. The van der Waals surface area contributed by atoms with E-state index < -0.39 is 0 Å². The molecule has 27 heavy (non-hydrogen) atoms. The molecule has 3 rings (SSSR count). The maximum Gasteiger partial charge on any atom is 0.0412 e. The maximum absolute atomic E-state index is 3.66. The van der Waals surface area contributed by atoms with Crippen LogP contribution in [-0.2, 0) is 13.1 Å². The standard InChI is InChI=1S/C24H30N2S/c1-15-7-17(3)23(18(4)8-15)25-11-21-13-27-14-22(21)12-26-24-19(5)9-16(2)10-20(24)6/h7-10,13-14,25-26H,11-12H2,1-6H3. The van der Waals surface area contributed by atoms with E-state index in [1.807, 2.05) is 0 Å². The summed E-state index contributed by atoms with van der Waals surface area (Å²) in [7, 11) is 0. The lowest BCUT2D eigenvalue weighted by Crippen LogP contribution is -2.08. The lowest BCUT2D eigenvalue weighted by Gasteiger charge is -2.16. The van der Waals surface area contributed by atoms with Crippen LogP contribution < -0.4 is 10.6 Å². The van der Waals surface area contributed by atoms with Crippen LogP contribution in [0.3, 0.4) is 0 Å². The lowest BCUT2D eigenvalue weighted by atomic mass is 10.0. The summed E-state index contributed by atoms with van der Waals surface area (Å²) in [5, 5.41) is 11.8. The van der Waals surface area contributed by atoms with E-state index >= 15 is 0 Å². The molecule has 3 heteroatoms. The Morgan fingerprint density at radius 2 is 0.926 bits per heavy atom. The molecular formula is C24H30N2S. The molecule has 0 unspecified atom stereocenters. The first kappa shape index (κ1) is 19.5. The summed E-state index contributed by atoms with van der Waals surface area (Å²) in [6.45, 7) is 14.8. The first-order valence-electron chi connectivity index (χ1n) is 9.52. The van der Waals surface area contributed by atoms with E-state index in [4.69, 9.17) is 0 Å². The summed E-state index contributed by atoms with van der Waals surface area (Å²) in [6, 6.07) is 8.98. The quantitative estimate of drug-likeness (QED) is 0.491. The summed E-state index contributed by atoms with van der Waals surface area (Å²) in [5.74, 6) is 0. The van der Waals surface area contributed by atoms with Crippen molar-refractivity contribution in [3.63, 3.8) is 0 Å². The van der Waals surface area contributed by atoms with E-state index in [0.717, 1.165) is 13.1 Å². The van der Waals surface area contributed by atoms with Gasteiger partial charge in [0.05, 0.1) is 0 Å². The third-order valence-corrected chi connectivity index (χ3v) is 5.94. The van der Waals surface area contributed by atoms with Gasteiger partial charge in [-0.15, -0.1) is 0 Å². The van der Waals surface area contributed by atoms with Gasteiger partial charge < -0.3 is 10.6 Å². The first-order chi connectivity index (χ1) is 12.8. The van der Waals surface area contributed by atoms with Gasteiger partial charge in [0, 0.05) is 24.5 Å². The highest BCUT2D eigenvalue weighted by Crippen LogP contribution is 2.26. The molecule has 0 radical (unpaired) electrons. The molecule has 1 aromatic heterocycles. The van der Waals surface area contributed by atoms with Crippen molar-refractivity contribution >= 4 is 22.7 Å². The lowest BCUT2D eigenvalue weighted by molar-refractivity contribution is 1.06. The summed E-state index contributed by atoms with van der Waals surface area (Å²) < 4.78 is 0. The molecule has 1 heterocycles. The molecule has 0 spiro atoms. The highest BCUT2D eigenvalue weighted by molar-refractivity contribution is 7.08. The minimum Gasteiger partial charge on any atom is -0.380 e. The second-order valence-electron chi connectivity index (χ2n) is 7.68. The van der Waals surface area contributed by atoms with Crippen LogP contribution in [0.2, 0.25) is 0 Å². The van der Waals surface area contributed by atoms with Gasteiger partial charge in [-0.25, -0.2) is 0 Å². The SMILES string of the molecule is Cc1cc(C)c(NCc2cscc2CNc2c(C)cc(C)cc2C)c(C)c1. The zero-order valence-electron chi connectivity index (χ0n) is 17.3. The molecule has 0 saturated heterocycles. The van der Waals surface area contributed by atoms with Crippen molar-refractivity contribution in [1.29, 1.82) is 0 Å². The van der Waals surface area contributed by atoms with E-state index in [-0.39, 0.29) is 0 Å². The van der Waals surface area contributed by atoms with Crippen LogP contribution in [0.25, 0.3) is 0 Å². The number of benzene rings is 2. The monoisotopic (exact) mass is 378 g/mol. The number of nitrogens with one attached hydrogen (secondary N) is 2. The number of hydrogen-bond acceptors (Lipinski definition) is 3. The van der Waals surface area contributed by atoms with Crippen molar-refractivity contribution in [3.05, 3.63) is 79.5 Å². The van der Waals surface area contributed by atoms with Crippen molar-refractivity contribution in [1.82, 2.24) is 0 Å². The number of rotatable bonds is 6. The number of hydrogen-bond donors (Lipinski definition) is 2. The van der Waals surface area contributed by atoms with Crippen molar-refractivity contribution in [2.75, 3.05) is 10.6 Å². The van der Waals surface area contributed by atoms with Gasteiger partial charge in [0.2, 0.25) is 0 Å². The Kier molecular flexibility index (Phi) is 5.91. The predicted octanol–water partition coefficient (Wildman–Crippen LogP) is 6.82. The van der Waals surface area contributed by atoms with Gasteiger partial charge in [-0.05, 0) is 85.7 Å². The minimum atomic E-state index is 0.858. The Labute approximate surface area is 167 Å². The maximum atomic E-state index is 3.66. The topological polar surface area (TPSA) is 24.1 Å². The molecule has 3 aromatic rings. The van der Waals surface area contributed by atoms with Crippen molar-refractivity contribution in [3.8, 4) is 0 Å². The summed E-state index contributed by atoms with van der Waals surface area (Å²) in [5.41, 5.74) is 13.2. The van der Waals surface area contributed by atoms with Gasteiger partial charge in [0.1, 0.15) is 0 Å². The fourth-order valence-corrected chi connectivity index (χ4v) is 4.81. The average molecular weight is 379 g/mol. The molecule has 0 bridgehead atoms. The molecule has 0 amide bonds. The van der Waals surface area contributed by atoms with Gasteiger partial charge in [0.15, 0.2) is 0 Å². The average Bonchev–Trinajstić information content (AvgIpc) is 3.00. The largest absolute Gasteiger partial charge is 0.380 e. The smallest absolute Gasteiger partial charge is 0.0412 e. The van der Waals surface area contributed by atoms with Crippen LogP contribution in [-0.4, -0.2) is 0 Å². The number of aryl methyl sites for hydroxylation is 6. The van der Waals surface area contributed by atoms with Gasteiger partial charge in [-0.3, -0.25) is 0 Å². The molecule has 2 nitrogen and oxygen atoms in total. The molecule has 0 aliphatic carbocycles. The fourth-order valence-electron chi connectivity index (χ4n) is 3.95. The molecule has 0 fully saturated rings. The molecule has 0 atom stereocenters. The summed E-state index contributed by atoms with van der Waals surface area (Å²) >= 11 is 1.78. The molecular weight excluding hydrogens is 348 g/mol. The number of thiophene rings is 1. The van der Waals surface area contributed by atoms with E-state index in [9.17, 15) is 0 Å². The van der Waals surface area contributed by atoms with E-state index in [0.29, 0.717) is 0 Å². The molecule has 0 saturated carbocycles. The second-order valence-corrected chi connectivity index (χ2v) is 8.42. The Bertz CT molecular complexity index is 831. The van der Waals surface area contributed by atoms with Crippen LogP contribution in [0.4, 0.5) is 11.4 Å². The molecule has 0 aliphatic heterocycles. The van der Waals surface area contributed by atoms with Gasteiger partial charge >= 0.3 is 0 Å². The molecule has 0 aliphatic rings. The summed E-state index contributed by atoms with van der Waals surface area (Å²) in [4.78, 5) is 0. The fraction of sp³-hybridized carbons (Fsp3) is 0.333. The number of anilines is 2. The Hall–Kier alpha value is -2.26. The van der Waals surface area contributed by atoms with E-state index in [1.165, 1.54) is 55.9 Å². The van der Waals surface area contributed by atoms with Crippen LogP contribution >= 0.6 is 11.3 Å². The van der Waals surface area contributed by atoms with Crippen LogP contribution in [0.15, 0.2) is 35.0 Å². The van der Waals surface area contributed by atoms with Gasteiger partial charge in [-0.1, -0.05) is 35.4 Å². The van der Waals surface area contributed by atoms with Crippen LogP contribution in [0, 0.1) is 41.5 Å². The Balaban J connectivity index is 1.70. The third-order valence-electron chi connectivity index (χ3n) is 5.10. The Morgan fingerprint density at radius 1 is 0.593 bits per heavy atom. The zero-order chi connectivity index (χ0) is 19.6. The molecule has 142 valence electrons. The van der Waals surface area contributed by atoms with Gasteiger partial charge in [0.25, 0.3) is 0 Å². The third kappa shape index (κ3) is 4.54. The van der Waals surface area contributed by atoms with Crippen LogP contribution in [0.1, 0.15) is 44.5 Å². The van der Waals surface area contributed by atoms with Crippen molar-refractivity contribution in [2.45, 2.75) is 54.6 Å². The Morgan fingerprint density at radius 3 is 1.26 bits per heavy atom. The second kappa shape index (κ2) is 8.18. The highest BCUT2D eigenvalue weighted by atomic mass is 32.1. The normalized spacial score (nSPS) is 10.9. The minimum absolute atomic E-state index is 0.858. The highest BCUT2D eigenvalue weighted by Gasteiger charge is 2.09. The van der Waals surface area contributed by atoms with Crippen LogP contribution in [0.5, 0.6) is 0 Å². The molecule has 2 N–H and O–H groups in total. The van der Waals surface area contributed by atoms with Gasteiger partial charge in [-0.2, -0.15) is 11.3 Å². The van der Waals surface area contributed by atoms with Crippen molar-refractivity contribution < 1.29 is 0 Å². The summed E-state index contributed by atoms with van der Waals surface area (Å²) in [6.07, 6.45) is 0.